The monoisotopic (exact) mass is 487 g/mol. The molecule has 0 radical (unpaired) electrons. The number of rotatable bonds is 6. The molecule has 3 aliphatic heterocycles. The van der Waals surface area contributed by atoms with E-state index in [1.165, 1.54) is 6.92 Å². The Bertz CT molecular complexity index is 627. The molecule has 33 heavy (non-hydrogen) atoms. The summed E-state index contributed by atoms with van der Waals surface area (Å²) in [6.45, 7) is 0.0570. The summed E-state index contributed by atoms with van der Waals surface area (Å²) >= 11 is 0. The first-order valence-electron chi connectivity index (χ1n) is 10.5. The quantitative estimate of drug-likeness (QED) is 0.167. The van der Waals surface area contributed by atoms with Crippen LogP contribution in [0.25, 0.3) is 0 Å². The molecule has 3 fully saturated rings. The largest absolute Gasteiger partial charge is 0.394 e. The molecule has 0 aliphatic carbocycles. The maximum Gasteiger partial charge on any atom is 0.187 e. The van der Waals surface area contributed by atoms with Crippen molar-refractivity contribution in [2.75, 3.05) is 13.2 Å². The molecule has 0 spiro atoms. The molecule has 3 aliphatic rings. The summed E-state index contributed by atoms with van der Waals surface area (Å²) in [4.78, 5) is 0. The second-order valence-electron chi connectivity index (χ2n) is 8.41. The fourth-order valence-electron chi connectivity index (χ4n) is 4.04. The first-order valence-corrected chi connectivity index (χ1v) is 10.5. The van der Waals surface area contributed by atoms with Gasteiger partial charge in [0, 0.05) is 0 Å². The van der Waals surface area contributed by atoms with Crippen molar-refractivity contribution in [2.45, 2.75) is 99.0 Å². The Hall–Kier alpha value is -0.600. The predicted molar refractivity (Wildman–Crippen MR) is 102 cm³/mol. The molecular weight excluding hydrogens is 454 g/mol. The number of hydrogen-bond donors (Lipinski definition) is 10. The Morgan fingerprint density at radius 2 is 1.09 bits per heavy atom. The van der Waals surface area contributed by atoms with Gasteiger partial charge in [0.05, 0.1) is 25.4 Å². The minimum absolute atomic E-state index is 0.728. The number of hydrogen-bond acceptors (Lipinski definition) is 15. The summed E-state index contributed by atoms with van der Waals surface area (Å²) in [6, 6.07) is -0.901. The Balaban J connectivity index is 1.71. The summed E-state index contributed by atoms with van der Waals surface area (Å²) in [5.74, 6) is 0. The Morgan fingerprint density at radius 3 is 1.64 bits per heavy atom. The van der Waals surface area contributed by atoms with Gasteiger partial charge in [0.25, 0.3) is 0 Å². The number of ether oxygens (including phenoxy) is 5. The molecule has 3 saturated heterocycles. The number of aliphatic hydroxyl groups is 9. The highest BCUT2D eigenvalue weighted by Crippen LogP contribution is 2.31. The normalized spacial score (nSPS) is 53.7. The van der Waals surface area contributed by atoms with Crippen LogP contribution in [0.5, 0.6) is 0 Å². The summed E-state index contributed by atoms with van der Waals surface area (Å²) < 4.78 is 26.8. The van der Waals surface area contributed by atoms with E-state index in [0.717, 1.165) is 0 Å². The maximum absolute atomic E-state index is 10.6. The highest BCUT2D eigenvalue weighted by atomic mass is 16.7. The molecule has 0 saturated carbocycles. The van der Waals surface area contributed by atoms with Crippen LogP contribution in [0, 0.1) is 0 Å². The topological polar surface area (TPSA) is 254 Å². The van der Waals surface area contributed by atoms with Crippen LogP contribution in [-0.4, -0.2) is 151 Å². The van der Waals surface area contributed by atoms with E-state index >= 15 is 0 Å². The Kier molecular flexibility index (Phi) is 8.99. The number of nitrogens with two attached hydrogens (primary N) is 1. The molecule has 0 bridgehead atoms. The molecule has 15 nitrogen and oxygen atoms in total. The van der Waals surface area contributed by atoms with Crippen molar-refractivity contribution < 1.29 is 69.6 Å². The molecule has 0 aromatic rings. The third-order valence-electron chi connectivity index (χ3n) is 6.16. The highest BCUT2D eigenvalue weighted by molar-refractivity contribution is 4.96. The van der Waals surface area contributed by atoms with Gasteiger partial charge in [-0.2, -0.15) is 0 Å². The molecule has 0 aromatic heterocycles. The van der Waals surface area contributed by atoms with Gasteiger partial charge in [-0.3, -0.25) is 0 Å². The molecule has 15 atom stereocenters. The van der Waals surface area contributed by atoms with E-state index in [0.29, 0.717) is 0 Å². The first kappa shape index (κ1) is 27.0. The number of aliphatic hydroxyl groups excluding tert-OH is 9. The van der Waals surface area contributed by atoms with Crippen LogP contribution < -0.4 is 5.73 Å². The van der Waals surface area contributed by atoms with Crippen LogP contribution in [-0.2, 0) is 23.7 Å². The lowest BCUT2D eigenvalue weighted by molar-refractivity contribution is -0.373. The Labute approximate surface area is 188 Å². The minimum Gasteiger partial charge on any atom is -0.394 e. The van der Waals surface area contributed by atoms with E-state index in [2.05, 4.69) is 0 Å². The minimum atomic E-state index is -1.83. The predicted octanol–water partition coefficient (Wildman–Crippen LogP) is -6.58. The van der Waals surface area contributed by atoms with Crippen molar-refractivity contribution in [3.63, 3.8) is 0 Å². The van der Waals surface area contributed by atoms with Crippen molar-refractivity contribution in [2.24, 2.45) is 5.73 Å². The lowest BCUT2D eigenvalue weighted by Crippen LogP contribution is -2.66. The van der Waals surface area contributed by atoms with Gasteiger partial charge in [0.2, 0.25) is 0 Å². The second kappa shape index (κ2) is 11.0. The Morgan fingerprint density at radius 1 is 0.636 bits per heavy atom. The fourth-order valence-corrected chi connectivity index (χ4v) is 4.04. The summed E-state index contributed by atoms with van der Waals surface area (Å²) in [5.41, 5.74) is 5.73. The maximum atomic E-state index is 10.6. The summed E-state index contributed by atoms with van der Waals surface area (Å²) in [6.07, 6.45) is -21.4. The van der Waals surface area contributed by atoms with Gasteiger partial charge in [-0.25, -0.2) is 0 Å². The van der Waals surface area contributed by atoms with Crippen molar-refractivity contribution in [1.82, 2.24) is 0 Å². The third kappa shape index (κ3) is 5.32. The van der Waals surface area contributed by atoms with Crippen molar-refractivity contribution in [3.8, 4) is 0 Å². The van der Waals surface area contributed by atoms with Gasteiger partial charge in [-0.15, -0.1) is 0 Å². The highest BCUT2D eigenvalue weighted by Gasteiger charge is 2.52. The van der Waals surface area contributed by atoms with E-state index < -0.39 is 105 Å². The third-order valence-corrected chi connectivity index (χ3v) is 6.16. The molecule has 194 valence electrons. The van der Waals surface area contributed by atoms with Crippen LogP contribution in [0.15, 0.2) is 0 Å². The molecule has 6 unspecified atom stereocenters. The van der Waals surface area contributed by atoms with E-state index in [1.54, 1.807) is 0 Å². The zero-order chi connectivity index (χ0) is 24.6. The van der Waals surface area contributed by atoms with Crippen LogP contribution in [0.1, 0.15) is 6.92 Å². The zero-order valence-electron chi connectivity index (χ0n) is 17.7. The molecule has 3 heterocycles. The lowest BCUT2D eigenvalue weighted by Gasteiger charge is -2.47. The van der Waals surface area contributed by atoms with Crippen LogP contribution in [0.3, 0.4) is 0 Å². The fraction of sp³-hybridized carbons (Fsp3) is 1.00. The molecular formula is C18H33NO14. The molecule has 3 rings (SSSR count). The molecule has 15 heteroatoms. The average Bonchev–Trinajstić information content (AvgIpc) is 2.80. The van der Waals surface area contributed by atoms with E-state index in [1.807, 2.05) is 0 Å². The lowest BCUT2D eigenvalue weighted by atomic mass is 9.96. The molecule has 11 N–H and O–H groups in total. The van der Waals surface area contributed by atoms with Crippen molar-refractivity contribution in [3.05, 3.63) is 0 Å². The van der Waals surface area contributed by atoms with Crippen LogP contribution in [0.4, 0.5) is 0 Å². The van der Waals surface area contributed by atoms with Gasteiger partial charge in [-0.05, 0) is 6.92 Å². The van der Waals surface area contributed by atoms with Crippen molar-refractivity contribution >= 4 is 0 Å². The summed E-state index contributed by atoms with van der Waals surface area (Å²) in [5, 5.41) is 90.2. The van der Waals surface area contributed by atoms with Gasteiger partial charge >= 0.3 is 0 Å². The van der Waals surface area contributed by atoms with Crippen molar-refractivity contribution in [1.29, 1.82) is 0 Å². The van der Waals surface area contributed by atoms with E-state index in [9.17, 15) is 46.0 Å². The smallest absolute Gasteiger partial charge is 0.187 e. The van der Waals surface area contributed by atoms with Gasteiger partial charge in [0.15, 0.2) is 18.9 Å². The zero-order valence-corrected chi connectivity index (χ0v) is 17.7. The average molecular weight is 487 g/mol. The van der Waals surface area contributed by atoms with Gasteiger partial charge in [0.1, 0.15) is 61.0 Å². The van der Waals surface area contributed by atoms with Crippen LogP contribution >= 0.6 is 0 Å². The molecule has 0 aromatic carbocycles. The van der Waals surface area contributed by atoms with E-state index in [-0.39, 0.29) is 0 Å². The second-order valence-corrected chi connectivity index (χ2v) is 8.41. The standard InChI is InChI=1S/C18H33NO14/c1-4-7(19)8(22)12(26)17(29-4)32-15-6(3-21)31-18(13(27)10(15)24)33-14-5(2-20)30-16(28)11(25)9(14)23/h4-18,20-28H,2-3,19H2,1H3/t4?,5?,6?,7-,8+,9-,10-,11?,12?,13?,14-,15-,16-,17-,18-/m1/s1. The van der Waals surface area contributed by atoms with E-state index in [4.69, 9.17) is 29.4 Å². The summed E-state index contributed by atoms with van der Waals surface area (Å²) in [7, 11) is 0. The molecule has 0 amide bonds. The van der Waals surface area contributed by atoms with Gasteiger partial charge in [-0.1, -0.05) is 0 Å². The van der Waals surface area contributed by atoms with Gasteiger partial charge < -0.3 is 75.4 Å². The first-order chi connectivity index (χ1) is 15.5. The SMILES string of the molecule is CC1O[C@H](O[C@@H]2C(CO)O[C@H](O[C@@H]3C(CO)O[C@@H](O)C(O)[C@H]3O)C(O)[C@H]2O)C(O)[C@@H](O)[C@@H]1N. The van der Waals surface area contributed by atoms with Crippen LogP contribution in [0.2, 0.25) is 0 Å².